The van der Waals surface area contributed by atoms with Gasteiger partial charge in [-0.25, -0.2) is 0 Å². The lowest BCUT2D eigenvalue weighted by molar-refractivity contribution is -0.133. The molecule has 1 aliphatic heterocycles. The van der Waals surface area contributed by atoms with Crippen molar-refractivity contribution in [3.05, 3.63) is 47.0 Å². The molecule has 3 rings (SSSR count). The number of carbonyl (C=O) groups excluding carboxylic acids is 1. The molecule has 0 N–H and O–H groups in total. The molecule has 2 aromatic carbocycles. The summed E-state index contributed by atoms with van der Waals surface area (Å²) in [5.41, 5.74) is 1.02. The molecule has 168 valence electrons. The van der Waals surface area contributed by atoms with Crippen molar-refractivity contribution in [2.24, 2.45) is 0 Å². The molecule has 0 radical (unpaired) electrons. The number of piperazine rings is 1. The molecule has 1 heterocycles. The Hall–Kier alpha value is -2.64. The van der Waals surface area contributed by atoms with Gasteiger partial charge in [-0.15, -0.1) is 0 Å². The topological polar surface area (TPSA) is 60.5 Å². The van der Waals surface area contributed by atoms with Crippen LogP contribution < -0.4 is 18.9 Å². The third-order valence-electron chi connectivity index (χ3n) is 5.29. The summed E-state index contributed by atoms with van der Waals surface area (Å²) in [5.74, 6) is 2.69. The van der Waals surface area contributed by atoms with E-state index in [0.29, 0.717) is 60.7 Å². The minimum absolute atomic E-state index is 0.102. The highest BCUT2D eigenvalue weighted by atomic mass is 35.5. The molecule has 0 atom stereocenters. The van der Waals surface area contributed by atoms with Crippen molar-refractivity contribution in [1.82, 2.24) is 9.80 Å². The van der Waals surface area contributed by atoms with E-state index < -0.39 is 0 Å². The van der Waals surface area contributed by atoms with Crippen LogP contribution in [0.15, 0.2) is 36.4 Å². The maximum atomic E-state index is 12.5. The number of halogens is 1. The normalized spacial score (nSPS) is 14.3. The van der Waals surface area contributed by atoms with Crippen LogP contribution in [0.25, 0.3) is 0 Å². The molecule has 8 heteroatoms. The van der Waals surface area contributed by atoms with E-state index in [9.17, 15) is 4.79 Å². The lowest BCUT2D eigenvalue weighted by Crippen LogP contribution is -2.48. The summed E-state index contributed by atoms with van der Waals surface area (Å²) in [5, 5.41) is 0.617. The largest absolute Gasteiger partial charge is 0.493 e. The van der Waals surface area contributed by atoms with E-state index in [0.717, 1.165) is 18.7 Å². The lowest BCUT2D eigenvalue weighted by atomic mass is 10.1. The first-order valence-corrected chi connectivity index (χ1v) is 10.6. The molecule has 0 bridgehead atoms. The number of ether oxygens (including phenoxy) is 4. The van der Waals surface area contributed by atoms with Crippen LogP contribution in [0.2, 0.25) is 5.02 Å². The van der Waals surface area contributed by atoms with E-state index in [1.807, 2.05) is 29.2 Å². The third-order valence-corrected chi connectivity index (χ3v) is 5.52. The Morgan fingerprint density at radius 2 is 1.71 bits per heavy atom. The first kappa shape index (κ1) is 23.0. The fraction of sp³-hybridized carbons (Fsp3) is 0.435. The summed E-state index contributed by atoms with van der Waals surface area (Å²) in [6.45, 7) is 4.00. The van der Waals surface area contributed by atoms with Gasteiger partial charge < -0.3 is 23.8 Å². The minimum Gasteiger partial charge on any atom is -0.493 e. The molecule has 0 aliphatic carbocycles. The van der Waals surface area contributed by atoms with E-state index in [-0.39, 0.29) is 5.91 Å². The fourth-order valence-corrected chi connectivity index (χ4v) is 3.84. The number of rotatable bonds is 9. The first-order valence-electron chi connectivity index (χ1n) is 10.2. The smallest absolute Gasteiger partial charge is 0.226 e. The fourth-order valence-electron chi connectivity index (χ4n) is 3.66. The van der Waals surface area contributed by atoms with Crippen LogP contribution in [0, 0.1) is 0 Å². The van der Waals surface area contributed by atoms with Crippen molar-refractivity contribution in [2.45, 2.75) is 13.0 Å². The Morgan fingerprint density at radius 3 is 2.35 bits per heavy atom. The molecule has 1 aliphatic rings. The summed E-state index contributed by atoms with van der Waals surface area (Å²) in [7, 11) is 4.83. The maximum absolute atomic E-state index is 12.5. The van der Waals surface area contributed by atoms with Crippen LogP contribution in [-0.4, -0.2) is 69.8 Å². The van der Waals surface area contributed by atoms with Crippen LogP contribution in [-0.2, 0) is 11.3 Å². The van der Waals surface area contributed by atoms with Gasteiger partial charge in [0.15, 0.2) is 11.5 Å². The molecule has 0 spiro atoms. The predicted octanol–water partition coefficient (Wildman–Crippen LogP) is 3.48. The number of carbonyl (C=O) groups is 1. The van der Waals surface area contributed by atoms with Gasteiger partial charge in [-0.3, -0.25) is 9.69 Å². The van der Waals surface area contributed by atoms with Crippen LogP contribution in [0.5, 0.6) is 23.0 Å². The molecule has 7 nitrogen and oxygen atoms in total. The zero-order valence-electron chi connectivity index (χ0n) is 18.2. The number of benzene rings is 2. The maximum Gasteiger partial charge on any atom is 0.226 e. The van der Waals surface area contributed by atoms with Gasteiger partial charge in [-0.2, -0.15) is 0 Å². The van der Waals surface area contributed by atoms with Gasteiger partial charge in [0, 0.05) is 43.3 Å². The van der Waals surface area contributed by atoms with Crippen molar-refractivity contribution in [3.63, 3.8) is 0 Å². The molecular formula is C23H29ClN2O5. The summed E-state index contributed by atoms with van der Waals surface area (Å²) in [6, 6.07) is 11.1. The second-order valence-electron chi connectivity index (χ2n) is 7.21. The number of methoxy groups -OCH3 is 3. The van der Waals surface area contributed by atoms with Crippen LogP contribution >= 0.6 is 11.6 Å². The highest BCUT2D eigenvalue weighted by Crippen LogP contribution is 2.40. The molecule has 0 saturated carbocycles. The zero-order chi connectivity index (χ0) is 22.2. The first-order chi connectivity index (χ1) is 15.0. The molecule has 0 aromatic heterocycles. The monoisotopic (exact) mass is 448 g/mol. The van der Waals surface area contributed by atoms with E-state index in [1.165, 1.54) is 0 Å². The molecule has 1 amide bonds. The Kier molecular flexibility index (Phi) is 8.26. The summed E-state index contributed by atoms with van der Waals surface area (Å²) >= 11 is 5.95. The van der Waals surface area contributed by atoms with Crippen molar-refractivity contribution in [1.29, 1.82) is 0 Å². The van der Waals surface area contributed by atoms with Gasteiger partial charge >= 0.3 is 0 Å². The van der Waals surface area contributed by atoms with Gasteiger partial charge in [-0.05, 0) is 24.3 Å². The Bertz CT molecular complexity index is 884. The van der Waals surface area contributed by atoms with Gasteiger partial charge in [0.2, 0.25) is 11.7 Å². The Balaban J connectivity index is 1.49. The second-order valence-corrected chi connectivity index (χ2v) is 7.64. The summed E-state index contributed by atoms with van der Waals surface area (Å²) in [4.78, 5) is 16.7. The lowest BCUT2D eigenvalue weighted by Gasteiger charge is -2.35. The number of nitrogens with zero attached hydrogens (tertiary/aromatic N) is 2. The Labute approximate surface area is 188 Å². The average molecular weight is 449 g/mol. The van der Waals surface area contributed by atoms with Crippen LogP contribution in [0.1, 0.15) is 12.0 Å². The number of hydrogen-bond acceptors (Lipinski definition) is 6. The van der Waals surface area contributed by atoms with Crippen molar-refractivity contribution in [3.8, 4) is 23.0 Å². The van der Waals surface area contributed by atoms with E-state index in [4.69, 9.17) is 30.5 Å². The van der Waals surface area contributed by atoms with Gasteiger partial charge in [0.05, 0.1) is 34.4 Å². The molecular weight excluding hydrogens is 420 g/mol. The highest BCUT2D eigenvalue weighted by Gasteiger charge is 2.23. The summed E-state index contributed by atoms with van der Waals surface area (Å²) < 4.78 is 22.0. The minimum atomic E-state index is 0.102. The Morgan fingerprint density at radius 1 is 0.968 bits per heavy atom. The zero-order valence-corrected chi connectivity index (χ0v) is 19.0. The van der Waals surface area contributed by atoms with Gasteiger partial charge in [0.1, 0.15) is 5.75 Å². The summed E-state index contributed by atoms with van der Waals surface area (Å²) in [6.07, 6.45) is 0.343. The van der Waals surface area contributed by atoms with Gasteiger partial charge in [-0.1, -0.05) is 23.7 Å². The standard InChI is InChI=1S/C23H29ClN2O5/c1-28-20-8-7-17(22(29-2)23(20)30-3)16-25-10-12-26(13-11-25)21(27)9-14-31-19-6-4-5-18(24)15-19/h4-8,15H,9-14,16H2,1-3H3. The predicted molar refractivity (Wildman–Crippen MR) is 120 cm³/mol. The average Bonchev–Trinajstić information content (AvgIpc) is 2.79. The molecule has 0 unspecified atom stereocenters. The van der Waals surface area contributed by atoms with Crippen LogP contribution in [0.4, 0.5) is 0 Å². The molecule has 31 heavy (non-hydrogen) atoms. The molecule has 1 fully saturated rings. The van der Waals surface area contributed by atoms with E-state index in [1.54, 1.807) is 33.5 Å². The highest BCUT2D eigenvalue weighted by molar-refractivity contribution is 6.30. The SMILES string of the molecule is COc1ccc(CN2CCN(C(=O)CCOc3cccc(Cl)c3)CC2)c(OC)c1OC. The number of amides is 1. The van der Waals surface area contributed by atoms with Crippen molar-refractivity contribution < 1.29 is 23.7 Å². The van der Waals surface area contributed by atoms with Gasteiger partial charge in [0.25, 0.3) is 0 Å². The van der Waals surface area contributed by atoms with Crippen LogP contribution in [0.3, 0.4) is 0 Å². The van der Waals surface area contributed by atoms with E-state index >= 15 is 0 Å². The quantitative estimate of drug-likeness (QED) is 0.585. The number of hydrogen-bond donors (Lipinski definition) is 0. The molecule has 1 saturated heterocycles. The van der Waals surface area contributed by atoms with E-state index in [2.05, 4.69) is 4.90 Å². The second kappa shape index (κ2) is 11.1. The van der Waals surface area contributed by atoms with Crippen molar-refractivity contribution >= 4 is 17.5 Å². The molecule has 2 aromatic rings. The van der Waals surface area contributed by atoms with Crippen molar-refractivity contribution in [2.75, 3.05) is 54.1 Å². The third kappa shape index (κ3) is 5.95.